The number of ether oxygens (including phenoxy) is 1. The lowest BCUT2D eigenvalue weighted by atomic mass is 9.86. The molecule has 0 aliphatic carbocycles. The monoisotopic (exact) mass is 444 g/mol. The van der Waals surface area contributed by atoms with E-state index in [2.05, 4.69) is 10.1 Å². The van der Waals surface area contributed by atoms with Gasteiger partial charge in [-0.1, -0.05) is 29.8 Å². The van der Waals surface area contributed by atoms with E-state index in [1.807, 2.05) is 0 Å². The highest BCUT2D eigenvalue weighted by Gasteiger charge is 2.51. The number of hydrogen-bond acceptors (Lipinski definition) is 4. The van der Waals surface area contributed by atoms with E-state index in [4.69, 9.17) is 16.3 Å². The quantitative estimate of drug-likeness (QED) is 0.558. The first kappa shape index (κ1) is 21.1. The molecular formula is C22H19ClF2N4O2. The van der Waals surface area contributed by atoms with Crippen molar-refractivity contribution >= 4 is 23.6 Å². The third-order valence-corrected chi connectivity index (χ3v) is 5.68. The van der Waals surface area contributed by atoms with Gasteiger partial charge in [0.15, 0.2) is 0 Å². The smallest absolute Gasteiger partial charge is 0.248 e. The van der Waals surface area contributed by atoms with Crippen LogP contribution in [0.2, 0.25) is 5.02 Å². The van der Waals surface area contributed by atoms with Gasteiger partial charge in [-0.3, -0.25) is 4.79 Å². The molecule has 0 N–H and O–H groups in total. The molecular weight excluding hydrogens is 426 g/mol. The Bertz CT molecular complexity index is 1110. The zero-order valence-electron chi connectivity index (χ0n) is 16.6. The van der Waals surface area contributed by atoms with Crippen LogP contribution in [-0.4, -0.2) is 38.3 Å². The first-order valence-corrected chi connectivity index (χ1v) is 9.93. The van der Waals surface area contributed by atoms with Gasteiger partial charge in [0.1, 0.15) is 36.6 Å². The van der Waals surface area contributed by atoms with Crippen LogP contribution in [0.1, 0.15) is 18.1 Å². The highest BCUT2D eigenvalue weighted by Crippen LogP contribution is 2.40. The fraction of sp³-hybridized carbons (Fsp3) is 0.227. The minimum absolute atomic E-state index is 0.0591. The highest BCUT2D eigenvalue weighted by molar-refractivity contribution is 6.30. The summed E-state index contributed by atoms with van der Waals surface area (Å²) in [6.45, 7) is 1.80. The summed E-state index contributed by atoms with van der Waals surface area (Å²) in [5.41, 5.74) is -0.312. The van der Waals surface area contributed by atoms with E-state index in [9.17, 15) is 13.6 Å². The van der Waals surface area contributed by atoms with E-state index in [1.54, 1.807) is 37.3 Å². The molecule has 4 rings (SSSR count). The van der Waals surface area contributed by atoms with Crippen molar-refractivity contribution in [3.8, 4) is 0 Å². The zero-order valence-corrected chi connectivity index (χ0v) is 17.3. The third-order valence-electron chi connectivity index (χ3n) is 5.43. The number of amides is 1. The molecule has 1 fully saturated rings. The molecule has 0 spiro atoms. The van der Waals surface area contributed by atoms with E-state index in [-0.39, 0.29) is 24.7 Å². The number of aromatic nitrogens is 3. The molecule has 0 radical (unpaired) electrons. The summed E-state index contributed by atoms with van der Waals surface area (Å²) in [5.74, 6) is -1.75. The van der Waals surface area contributed by atoms with Gasteiger partial charge in [0.2, 0.25) is 5.91 Å². The van der Waals surface area contributed by atoms with Crippen molar-refractivity contribution in [3.63, 3.8) is 0 Å². The lowest BCUT2D eigenvalue weighted by molar-refractivity contribution is -0.127. The van der Waals surface area contributed by atoms with E-state index in [1.165, 1.54) is 40.4 Å². The maximum Gasteiger partial charge on any atom is 0.248 e. The van der Waals surface area contributed by atoms with Crippen molar-refractivity contribution in [1.29, 1.82) is 0 Å². The summed E-state index contributed by atoms with van der Waals surface area (Å²) in [7, 11) is 0. The fourth-order valence-electron chi connectivity index (χ4n) is 3.71. The molecule has 1 aliphatic rings. The van der Waals surface area contributed by atoms with Crippen LogP contribution in [0, 0.1) is 11.6 Å². The Morgan fingerprint density at radius 2 is 2.06 bits per heavy atom. The van der Waals surface area contributed by atoms with Gasteiger partial charge < -0.3 is 9.64 Å². The summed E-state index contributed by atoms with van der Waals surface area (Å²) >= 11 is 5.89. The van der Waals surface area contributed by atoms with E-state index in [0.29, 0.717) is 5.02 Å². The van der Waals surface area contributed by atoms with Crippen LogP contribution in [-0.2, 0) is 21.7 Å². The van der Waals surface area contributed by atoms with Crippen LogP contribution >= 0.6 is 11.6 Å². The normalized spacial score (nSPS) is 21.2. The lowest BCUT2D eigenvalue weighted by Gasteiger charge is -2.34. The predicted octanol–water partition coefficient (Wildman–Crippen LogP) is 4.02. The highest BCUT2D eigenvalue weighted by atomic mass is 35.5. The van der Waals surface area contributed by atoms with Crippen molar-refractivity contribution in [2.75, 3.05) is 6.73 Å². The number of benzene rings is 2. The van der Waals surface area contributed by atoms with E-state index >= 15 is 0 Å². The molecule has 1 amide bonds. The van der Waals surface area contributed by atoms with Gasteiger partial charge in [0, 0.05) is 22.7 Å². The van der Waals surface area contributed by atoms with Gasteiger partial charge in [0.05, 0.1) is 12.6 Å². The topological polar surface area (TPSA) is 60.2 Å². The molecule has 1 aromatic heterocycles. The van der Waals surface area contributed by atoms with Gasteiger partial charge in [-0.05, 0) is 36.8 Å². The fourth-order valence-corrected chi connectivity index (χ4v) is 3.84. The molecule has 1 saturated heterocycles. The molecule has 2 atom stereocenters. The first-order valence-electron chi connectivity index (χ1n) is 9.55. The molecule has 0 saturated carbocycles. The van der Waals surface area contributed by atoms with Crippen molar-refractivity contribution in [1.82, 2.24) is 19.7 Å². The number of carbonyl (C=O) groups is 1. The number of halogens is 3. The van der Waals surface area contributed by atoms with Gasteiger partial charge in [0.25, 0.3) is 0 Å². The molecule has 2 heterocycles. The van der Waals surface area contributed by atoms with Gasteiger partial charge in [-0.15, -0.1) is 0 Å². The first-order chi connectivity index (χ1) is 14.9. The maximum atomic E-state index is 14.8. The zero-order chi connectivity index (χ0) is 22.0. The Balaban J connectivity index is 1.64. The number of hydrogen-bond donors (Lipinski definition) is 0. The molecule has 9 heteroatoms. The van der Waals surface area contributed by atoms with Crippen molar-refractivity contribution in [2.45, 2.75) is 25.1 Å². The lowest BCUT2D eigenvalue weighted by Crippen LogP contribution is -2.46. The summed E-state index contributed by atoms with van der Waals surface area (Å²) in [5, 5.41) is 4.69. The Hall–Kier alpha value is -3.10. The molecule has 1 unspecified atom stereocenters. The van der Waals surface area contributed by atoms with E-state index in [0.717, 1.165) is 11.6 Å². The average Bonchev–Trinajstić information content (AvgIpc) is 3.36. The van der Waals surface area contributed by atoms with Crippen LogP contribution in [0.15, 0.2) is 61.2 Å². The van der Waals surface area contributed by atoms with Crippen LogP contribution in [0.25, 0.3) is 6.08 Å². The Kier molecular flexibility index (Phi) is 5.84. The van der Waals surface area contributed by atoms with Gasteiger partial charge in [-0.2, -0.15) is 5.10 Å². The van der Waals surface area contributed by atoms with Crippen LogP contribution in [0.5, 0.6) is 0 Å². The second kappa shape index (κ2) is 8.56. The Morgan fingerprint density at radius 1 is 1.29 bits per heavy atom. The molecule has 1 aliphatic heterocycles. The minimum atomic E-state index is -1.27. The van der Waals surface area contributed by atoms with Crippen LogP contribution < -0.4 is 0 Å². The third kappa shape index (κ3) is 4.22. The summed E-state index contributed by atoms with van der Waals surface area (Å²) in [6, 6.07) is 9.79. The van der Waals surface area contributed by atoms with Crippen molar-refractivity contribution in [2.24, 2.45) is 0 Å². The Labute approximate surface area is 182 Å². The number of nitrogens with zero attached hydrogens (tertiary/aromatic N) is 4. The standard InChI is InChI=1S/C22H19ClF2N4O2/c1-15-22(11-28-13-26-12-27-28,19-8-7-18(24)10-20(19)25)31-14-29(15)21(30)9-4-16-2-5-17(23)6-3-16/h2-10,12-13,15H,11,14H2,1H3/t15?,22-/m1/s1. The molecule has 6 nitrogen and oxygen atoms in total. The minimum Gasteiger partial charge on any atom is -0.346 e. The second-order valence-corrected chi connectivity index (χ2v) is 7.69. The molecule has 160 valence electrons. The van der Waals surface area contributed by atoms with Crippen molar-refractivity contribution < 1.29 is 18.3 Å². The molecule has 0 bridgehead atoms. The van der Waals surface area contributed by atoms with Gasteiger partial charge in [-0.25, -0.2) is 18.4 Å². The summed E-state index contributed by atoms with van der Waals surface area (Å²) in [6.07, 6.45) is 5.92. The summed E-state index contributed by atoms with van der Waals surface area (Å²) in [4.78, 5) is 18.3. The van der Waals surface area contributed by atoms with Crippen molar-refractivity contribution in [3.05, 3.63) is 89.0 Å². The summed E-state index contributed by atoms with van der Waals surface area (Å²) < 4.78 is 35.9. The SMILES string of the molecule is CC1N(C(=O)C=Cc2ccc(Cl)cc2)CO[C@@]1(Cn1cncn1)c1ccc(F)cc1F. The van der Waals surface area contributed by atoms with Crippen LogP contribution in [0.3, 0.4) is 0 Å². The molecule has 3 aromatic rings. The largest absolute Gasteiger partial charge is 0.346 e. The number of rotatable bonds is 5. The molecule has 2 aromatic carbocycles. The average molecular weight is 445 g/mol. The van der Waals surface area contributed by atoms with Crippen LogP contribution in [0.4, 0.5) is 8.78 Å². The Morgan fingerprint density at radius 3 is 2.74 bits per heavy atom. The second-order valence-electron chi connectivity index (χ2n) is 7.25. The van der Waals surface area contributed by atoms with Gasteiger partial charge >= 0.3 is 0 Å². The number of carbonyl (C=O) groups excluding carboxylic acids is 1. The predicted molar refractivity (Wildman–Crippen MR) is 111 cm³/mol. The maximum absolute atomic E-state index is 14.8. The molecule has 31 heavy (non-hydrogen) atoms. The van der Waals surface area contributed by atoms with E-state index < -0.39 is 23.3 Å².